The smallest absolute Gasteiger partial charge is 0.225 e. The van der Waals surface area contributed by atoms with Crippen LogP contribution in [0.15, 0.2) is 12.3 Å². The van der Waals surface area contributed by atoms with Gasteiger partial charge < -0.3 is 9.88 Å². The highest BCUT2D eigenvalue weighted by Gasteiger charge is 2.34. The number of rotatable bonds is 1. The lowest BCUT2D eigenvalue weighted by Gasteiger charge is -2.27. The third-order valence-corrected chi connectivity index (χ3v) is 3.16. The summed E-state index contributed by atoms with van der Waals surface area (Å²) in [5.74, 6) is 0.729. The van der Waals surface area contributed by atoms with E-state index in [4.69, 9.17) is 0 Å². The van der Waals surface area contributed by atoms with E-state index in [1.807, 2.05) is 11.1 Å². The van der Waals surface area contributed by atoms with E-state index in [0.29, 0.717) is 11.8 Å². The molecule has 1 amide bonds. The molecule has 1 aromatic rings. The number of nitrogens with zero attached hydrogens (tertiary/aromatic N) is 1. The molecule has 1 N–H and O–H groups in total. The number of hydrogen-bond acceptors (Lipinski definition) is 1. The Hall–Kier alpha value is -1.25. The summed E-state index contributed by atoms with van der Waals surface area (Å²) in [6.45, 7) is 1.71. The number of carbonyl (C=O) groups excluding carboxylic acids is 1. The van der Waals surface area contributed by atoms with Crippen molar-refractivity contribution in [2.75, 3.05) is 6.54 Å². The van der Waals surface area contributed by atoms with Crippen molar-refractivity contribution in [2.45, 2.75) is 25.8 Å². The maximum absolute atomic E-state index is 11.8. The molecule has 1 aliphatic heterocycles. The number of aromatic nitrogens is 1. The molecule has 0 unspecified atom stereocenters. The van der Waals surface area contributed by atoms with Crippen molar-refractivity contribution in [1.82, 2.24) is 9.88 Å². The van der Waals surface area contributed by atoms with Crippen molar-refractivity contribution < 1.29 is 4.79 Å². The topological polar surface area (TPSA) is 36.1 Å². The van der Waals surface area contributed by atoms with Crippen LogP contribution in [0.3, 0.4) is 0 Å². The minimum Gasteiger partial charge on any atom is -0.365 e. The lowest BCUT2D eigenvalue weighted by atomic mass is 10.1. The highest BCUT2D eigenvalue weighted by Crippen LogP contribution is 2.32. The van der Waals surface area contributed by atoms with Gasteiger partial charge in [-0.15, -0.1) is 0 Å². The summed E-state index contributed by atoms with van der Waals surface area (Å²) in [5.41, 5.74) is 2.61. The molecule has 0 spiro atoms. The fourth-order valence-electron chi connectivity index (χ4n) is 2.13. The van der Waals surface area contributed by atoms with E-state index in [1.54, 1.807) is 0 Å². The van der Waals surface area contributed by atoms with E-state index in [1.165, 1.54) is 11.3 Å². The molecule has 3 nitrogen and oxygen atoms in total. The SMILES string of the molecule is O=C(C1CC1)N1CCc2[nH]ccc2C1. The highest BCUT2D eigenvalue weighted by molar-refractivity contribution is 5.81. The standard InChI is InChI=1S/C11H14N2O/c14-11(8-1-2-8)13-6-4-10-9(7-13)3-5-12-10/h3,5,8,12H,1-2,4,6-7H2. The van der Waals surface area contributed by atoms with Crippen LogP contribution in [-0.2, 0) is 17.8 Å². The molecule has 2 aliphatic rings. The van der Waals surface area contributed by atoms with Gasteiger partial charge in [0.15, 0.2) is 0 Å². The van der Waals surface area contributed by atoms with Gasteiger partial charge in [0.25, 0.3) is 0 Å². The number of carbonyl (C=O) groups is 1. The average Bonchev–Trinajstić information content (AvgIpc) is 2.95. The van der Waals surface area contributed by atoms with E-state index < -0.39 is 0 Å². The summed E-state index contributed by atoms with van der Waals surface area (Å²) in [6.07, 6.45) is 5.17. The molecule has 14 heavy (non-hydrogen) atoms. The zero-order valence-corrected chi connectivity index (χ0v) is 8.12. The van der Waals surface area contributed by atoms with Crippen molar-refractivity contribution >= 4 is 5.91 Å². The van der Waals surface area contributed by atoms with Crippen molar-refractivity contribution in [3.05, 3.63) is 23.5 Å². The van der Waals surface area contributed by atoms with E-state index in [9.17, 15) is 4.79 Å². The van der Waals surface area contributed by atoms with Gasteiger partial charge in [0.1, 0.15) is 0 Å². The van der Waals surface area contributed by atoms with Crippen LogP contribution in [0.5, 0.6) is 0 Å². The van der Waals surface area contributed by atoms with Gasteiger partial charge in [-0.1, -0.05) is 0 Å². The summed E-state index contributed by atoms with van der Waals surface area (Å²) in [6, 6.07) is 2.08. The van der Waals surface area contributed by atoms with Gasteiger partial charge in [-0.3, -0.25) is 4.79 Å². The van der Waals surface area contributed by atoms with Crippen LogP contribution in [-0.4, -0.2) is 22.3 Å². The zero-order chi connectivity index (χ0) is 9.54. The second kappa shape index (κ2) is 2.87. The first-order valence-corrected chi connectivity index (χ1v) is 5.28. The maximum atomic E-state index is 11.8. The first-order valence-electron chi connectivity index (χ1n) is 5.28. The minimum absolute atomic E-state index is 0.357. The molecule has 0 radical (unpaired) electrons. The highest BCUT2D eigenvalue weighted by atomic mass is 16.2. The summed E-state index contributed by atoms with van der Waals surface area (Å²) in [4.78, 5) is 17.0. The van der Waals surface area contributed by atoms with Gasteiger partial charge in [0.05, 0.1) is 0 Å². The number of amides is 1. The van der Waals surface area contributed by atoms with Gasteiger partial charge in [-0.2, -0.15) is 0 Å². The maximum Gasteiger partial charge on any atom is 0.225 e. The largest absolute Gasteiger partial charge is 0.365 e. The molecule has 74 valence electrons. The molecule has 1 fully saturated rings. The Labute approximate surface area is 83.1 Å². The lowest BCUT2D eigenvalue weighted by molar-refractivity contribution is -0.133. The predicted octanol–water partition coefficient (Wildman–Crippen LogP) is 1.31. The molecule has 1 aromatic heterocycles. The van der Waals surface area contributed by atoms with Gasteiger partial charge >= 0.3 is 0 Å². The zero-order valence-electron chi connectivity index (χ0n) is 8.12. The molecular formula is C11H14N2O. The van der Waals surface area contributed by atoms with Crippen molar-refractivity contribution in [2.24, 2.45) is 5.92 Å². The van der Waals surface area contributed by atoms with E-state index >= 15 is 0 Å². The van der Waals surface area contributed by atoms with E-state index in [2.05, 4.69) is 11.1 Å². The van der Waals surface area contributed by atoms with Crippen molar-refractivity contribution in [3.8, 4) is 0 Å². The van der Waals surface area contributed by atoms with Crippen LogP contribution < -0.4 is 0 Å². The van der Waals surface area contributed by atoms with Crippen LogP contribution in [0, 0.1) is 5.92 Å². The third-order valence-electron chi connectivity index (χ3n) is 3.16. The van der Waals surface area contributed by atoms with Crippen LogP contribution in [0.1, 0.15) is 24.1 Å². The van der Waals surface area contributed by atoms with Crippen LogP contribution in [0.4, 0.5) is 0 Å². The number of hydrogen-bond donors (Lipinski definition) is 1. The molecule has 3 rings (SSSR count). The lowest BCUT2D eigenvalue weighted by Crippen LogP contribution is -2.36. The summed E-state index contributed by atoms with van der Waals surface area (Å²) in [5, 5.41) is 0. The molecule has 3 heteroatoms. The first-order chi connectivity index (χ1) is 6.84. The number of fused-ring (bicyclic) bond motifs is 1. The molecule has 0 saturated heterocycles. The van der Waals surface area contributed by atoms with E-state index in [0.717, 1.165) is 32.4 Å². The Bertz CT molecular complexity index is 365. The molecule has 0 bridgehead atoms. The fourth-order valence-corrected chi connectivity index (χ4v) is 2.13. The monoisotopic (exact) mass is 190 g/mol. The number of aromatic amines is 1. The Morgan fingerprint density at radius 3 is 3.14 bits per heavy atom. The van der Waals surface area contributed by atoms with Crippen molar-refractivity contribution in [3.63, 3.8) is 0 Å². The summed E-state index contributed by atoms with van der Waals surface area (Å²) in [7, 11) is 0. The predicted molar refractivity (Wildman–Crippen MR) is 52.6 cm³/mol. The van der Waals surface area contributed by atoms with Crippen LogP contribution in [0.2, 0.25) is 0 Å². The second-order valence-corrected chi connectivity index (χ2v) is 4.27. The van der Waals surface area contributed by atoms with Gasteiger partial charge in [-0.05, 0) is 24.5 Å². The van der Waals surface area contributed by atoms with Gasteiger partial charge in [0.2, 0.25) is 5.91 Å². The molecule has 2 heterocycles. The summed E-state index contributed by atoms with van der Waals surface area (Å²) < 4.78 is 0. The van der Waals surface area contributed by atoms with E-state index in [-0.39, 0.29) is 0 Å². The van der Waals surface area contributed by atoms with Gasteiger partial charge in [-0.25, -0.2) is 0 Å². The Morgan fingerprint density at radius 1 is 1.50 bits per heavy atom. The Balaban J connectivity index is 1.77. The molecule has 1 aliphatic carbocycles. The Morgan fingerprint density at radius 2 is 2.36 bits per heavy atom. The van der Waals surface area contributed by atoms with Crippen LogP contribution in [0.25, 0.3) is 0 Å². The number of nitrogens with one attached hydrogen (secondary N) is 1. The van der Waals surface area contributed by atoms with Crippen LogP contribution >= 0.6 is 0 Å². The molecule has 1 saturated carbocycles. The third kappa shape index (κ3) is 1.24. The van der Waals surface area contributed by atoms with Crippen molar-refractivity contribution in [1.29, 1.82) is 0 Å². The quantitative estimate of drug-likeness (QED) is 0.712. The first kappa shape index (κ1) is 8.09. The fraction of sp³-hybridized carbons (Fsp3) is 0.545. The normalized spacial score (nSPS) is 20.7. The minimum atomic E-state index is 0.357. The molecule has 0 aromatic carbocycles. The molecular weight excluding hydrogens is 176 g/mol. The number of H-pyrrole nitrogens is 1. The average molecular weight is 190 g/mol. The van der Waals surface area contributed by atoms with Gasteiger partial charge in [0, 0.05) is 37.3 Å². The summed E-state index contributed by atoms with van der Waals surface area (Å²) >= 11 is 0. The Kier molecular flexibility index (Phi) is 1.66. The second-order valence-electron chi connectivity index (χ2n) is 4.27. The molecule has 0 atom stereocenters.